The molecule has 8 heteroatoms. The van der Waals surface area contributed by atoms with Gasteiger partial charge < -0.3 is 15.5 Å². The zero-order valence-corrected chi connectivity index (χ0v) is 15.4. The summed E-state index contributed by atoms with van der Waals surface area (Å²) in [6.07, 6.45) is 5.01. The number of thiophene rings is 1. The Morgan fingerprint density at radius 2 is 2.04 bits per heavy atom. The van der Waals surface area contributed by atoms with E-state index in [0.29, 0.717) is 32.0 Å². The smallest absolute Gasteiger partial charge is 0.254 e. The summed E-state index contributed by atoms with van der Waals surface area (Å²) in [5, 5.41) is 12.9. The Kier molecular flexibility index (Phi) is 4.47. The van der Waals surface area contributed by atoms with Crippen molar-refractivity contribution in [2.24, 2.45) is 0 Å². The maximum Gasteiger partial charge on any atom is 0.254 e. The standard InChI is InChI=1S/C17H20N4O2S2/c22-14(12-3-9-24-11-12)21-7-4-17(5-8-21,15(23)19-13-1-2-13)20-16-18-6-10-25-16/h3,6,9-11,13H,1-2,4-5,7-8H2,(H,18,20)(H,19,23). The van der Waals surface area contributed by atoms with Crippen molar-refractivity contribution in [1.82, 2.24) is 15.2 Å². The quantitative estimate of drug-likeness (QED) is 0.841. The highest BCUT2D eigenvalue weighted by Crippen LogP contribution is 2.31. The molecule has 0 aromatic carbocycles. The number of rotatable bonds is 5. The first-order chi connectivity index (χ1) is 12.2. The van der Waals surface area contributed by atoms with Gasteiger partial charge in [0.25, 0.3) is 5.91 Å². The normalized spacial score (nSPS) is 19.4. The zero-order valence-electron chi connectivity index (χ0n) is 13.7. The summed E-state index contributed by atoms with van der Waals surface area (Å²) in [5.74, 6) is 0.0829. The van der Waals surface area contributed by atoms with Gasteiger partial charge in [-0.05, 0) is 37.1 Å². The van der Waals surface area contributed by atoms with E-state index in [1.165, 1.54) is 22.7 Å². The number of carbonyl (C=O) groups is 2. The predicted octanol–water partition coefficient (Wildman–Crippen LogP) is 2.57. The molecule has 0 atom stereocenters. The summed E-state index contributed by atoms with van der Waals surface area (Å²) in [5.41, 5.74) is 0.0408. The van der Waals surface area contributed by atoms with E-state index in [1.54, 1.807) is 6.20 Å². The summed E-state index contributed by atoms with van der Waals surface area (Å²) in [6, 6.07) is 2.16. The highest BCUT2D eigenvalue weighted by atomic mass is 32.1. The highest BCUT2D eigenvalue weighted by Gasteiger charge is 2.44. The molecule has 0 unspecified atom stereocenters. The van der Waals surface area contributed by atoms with Gasteiger partial charge in [-0.25, -0.2) is 4.98 Å². The Morgan fingerprint density at radius 3 is 2.64 bits per heavy atom. The van der Waals surface area contributed by atoms with Crippen LogP contribution in [0.1, 0.15) is 36.0 Å². The van der Waals surface area contributed by atoms with E-state index >= 15 is 0 Å². The lowest BCUT2D eigenvalue weighted by molar-refractivity contribution is -0.127. The van der Waals surface area contributed by atoms with Gasteiger partial charge >= 0.3 is 0 Å². The molecule has 0 spiro atoms. The minimum Gasteiger partial charge on any atom is -0.351 e. The van der Waals surface area contributed by atoms with Crippen LogP contribution in [-0.4, -0.2) is 46.4 Å². The molecule has 1 aliphatic heterocycles. The fourth-order valence-electron chi connectivity index (χ4n) is 3.11. The van der Waals surface area contributed by atoms with E-state index in [0.717, 1.165) is 23.5 Å². The number of hydrogen-bond donors (Lipinski definition) is 2. The van der Waals surface area contributed by atoms with E-state index in [2.05, 4.69) is 15.6 Å². The van der Waals surface area contributed by atoms with Gasteiger partial charge in [-0.1, -0.05) is 0 Å². The third-order valence-electron chi connectivity index (χ3n) is 4.80. The fourth-order valence-corrected chi connectivity index (χ4v) is 4.37. The lowest BCUT2D eigenvalue weighted by Gasteiger charge is -2.41. The summed E-state index contributed by atoms with van der Waals surface area (Å²) in [6.45, 7) is 1.12. The summed E-state index contributed by atoms with van der Waals surface area (Å²) in [7, 11) is 0. The first-order valence-electron chi connectivity index (χ1n) is 8.46. The molecule has 2 amide bonds. The molecular weight excluding hydrogens is 356 g/mol. The van der Waals surface area contributed by atoms with Gasteiger partial charge in [0.05, 0.1) is 5.56 Å². The fraction of sp³-hybridized carbons (Fsp3) is 0.471. The number of anilines is 1. The van der Waals surface area contributed by atoms with Crippen LogP contribution in [-0.2, 0) is 4.79 Å². The number of likely N-dealkylation sites (tertiary alicyclic amines) is 1. The van der Waals surface area contributed by atoms with Crippen molar-refractivity contribution in [1.29, 1.82) is 0 Å². The predicted molar refractivity (Wildman–Crippen MR) is 99.1 cm³/mol. The lowest BCUT2D eigenvalue weighted by Crippen LogP contribution is -2.59. The maximum absolute atomic E-state index is 12.9. The second kappa shape index (κ2) is 6.76. The number of hydrogen-bond acceptors (Lipinski definition) is 6. The summed E-state index contributed by atoms with van der Waals surface area (Å²) < 4.78 is 0. The van der Waals surface area contributed by atoms with Crippen LogP contribution in [0.4, 0.5) is 5.13 Å². The first-order valence-corrected chi connectivity index (χ1v) is 10.3. The minimum absolute atomic E-state index is 0.0350. The van der Waals surface area contributed by atoms with E-state index in [1.807, 2.05) is 27.1 Å². The molecule has 132 valence electrons. The van der Waals surface area contributed by atoms with E-state index in [-0.39, 0.29) is 11.8 Å². The van der Waals surface area contributed by atoms with Crippen LogP contribution < -0.4 is 10.6 Å². The van der Waals surface area contributed by atoms with Crippen molar-refractivity contribution in [3.8, 4) is 0 Å². The number of piperidine rings is 1. The Labute approximate surface area is 154 Å². The zero-order chi connectivity index (χ0) is 17.3. The molecule has 25 heavy (non-hydrogen) atoms. The average Bonchev–Trinajstić information content (AvgIpc) is 3.08. The third-order valence-corrected chi connectivity index (χ3v) is 6.17. The molecule has 2 N–H and O–H groups in total. The van der Waals surface area contributed by atoms with Crippen molar-refractivity contribution in [2.75, 3.05) is 18.4 Å². The van der Waals surface area contributed by atoms with Crippen molar-refractivity contribution < 1.29 is 9.59 Å². The molecule has 3 heterocycles. The van der Waals surface area contributed by atoms with Crippen LogP contribution in [0.3, 0.4) is 0 Å². The van der Waals surface area contributed by atoms with Crippen molar-refractivity contribution in [3.63, 3.8) is 0 Å². The SMILES string of the molecule is O=C(c1ccsc1)N1CCC(Nc2nccs2)(C(=O)NC2CC2)CC1. The Hall–Kier alpha value is -1.93. The van der Waals surface area contributed by atoms with Crippen LogP contribution in [0.15, 0.2) is 28.4 Å². The van der Waals surface area contributed by atoms with Gasteiger partial charge in [0, 0.05) is 36.1 Å². The average molecular weight is 377 g/mol. The molecule has 1 saturated carbocycles. The van der Waals surface area contributed by atoms with Gasteiger partial charge in [-0.15, -0.1) is 11.3 Å². The van der Waals surface area contributed by atoms with Crippen LogP contribution >= 0.6 is 22.7 Å². The van der Waals surface area contributed by atoms with Gasteiger partial charge in [-0.3, -0.25) is 9.59 Å². The summed E-state index contributed by atoms with van der Waals surface area (Å²) >= 11 is 3.01. The molecular formula is C17H20N4O2S2. The van der Waals surface area contributed by atoms with Crippen molar-refractivity contribution in [3.05, 3.63) is 34.0 Å². The molecule has 2 aliphatic rings. The Bertz CT molecular complexity index is 733. The first kappa shape index (κ1) is 16.5. The molecule has 6 nitrogen and oxygen atoms in total. The van der Waals surface area contributed by atoms with E-state index in [4.69, 9.17) is 0 Å². The molecule has 1 saturated heterocycles. The largest absolute Gasteiger partial charge is 0.351 e. The van der Waals surface area contributed by atoms with Crippen LogP contribution in [0, 0.1) is 0 Å². The number of nitrogens with zero attached hydrogens (tertiary/aromatic N) is 2. The van der Waals surface area contributed by atoms with Crippen molar-refractivity contribution >= 4 is 39.6 Å². The van der Waals surface area contributed by atoms with Gasteiger partial charge in [0.1, 0.15) is 5.54 Å². The summed E-state index contributed by atoms with van der Waals surface area (Å²) in [4.78, 5) is 31.6. The molecule has 4 rings (SSSR count). The topological polar surface area (TPSA) is 74.3 Å². The number of carbonyl (C=O) groups excluding carboxylic acids is 2. The minimum atomic E-state index is -0.689. The molecule has 2 aromatic heterocycles. The molecule has 2 aromatic rings. The molecule has 1 aliphatic carbocycles. The van der Waals surface area contributed by atoms with Crippen LogP contribution in [0.25, 0.3) is 0 Å². The van der Waals surface area contributed by atoms with Gasteiger partial charge in [0.15, 0.2) is 5.13 Å². The molecule has 0 bridgehead atoms. The molecule has 0 radical (unpaired) electrons. The second-order valence-electron chi connectivity index (χ2n) is 6.60. The van der Waals surface area contributed by atoms with Crippen LogP contribution in [0.5, 0.6) is 0 Å². The Morgan fingerprint density at radius 1 is 1.24 bits per heavy atom. The lowest BCUT2D eigenvalue weighted by atomic mass is 9.86. The Balaban J connectivity index is 1.48. The third kappa shape index (κ3) is 3.55. The van der Waals surface area contributed by atoms with E-state index < -0.39 is 5.54 Å². The number of amides is 2. The maximum atomic E-state index is 12.9. The number of nitrogens with one attached hydrogen (secondary N) is 2. The van der Waals surface area contributed by atoms with Crippen LogP contribution in [0.2, 0.25) is 0 Å². The second-order valence-corrected chi connectivity index (χ2v) is 8.27. The van der Waals surface area contributed by atoms with E-state index in [9.17, 15) is 9.59 Å². The monoisotopic (exact) mass is 376 g/mol. The number of thiazole rings is 1. The van der Waals surface area contributed by atoms with Gasteiger partial charge in [-0.2, -0.15) is 11.3 Å². The van der Waals surface area contributed by atoms with Crippen molar-refractivity contribution in [2.45, 2.75) is 37.3 Å². The van der Waals surface area contributed by atoms with Gasteiger partial charge in [0.2, 0.25) is 5.91 Å². The number of aromatic nitrogens is 1. The highest BCUT2D eigenvalue weighted by molar-refractivity contribution is 7.13. The molecule has 2 fully saturated rings.